The minimum Gasteiger partial charge on any atom is -0.503 e. The molecule has 7 heteroatoms. The van der Waals surface area contributed by atoms with E-state index in [1.807, 2.05) is 18.2 Å². The summed E-state index contributed by atoms with van der Waals surface area (Å²) in [7, 11) is 5.78. The number of nitrogens with zero attached hydrogens (tertiary/aromatic N) is 2. The number of hydrogen-bond acceptors (Lipinski definition) is 6. The summed E-state index contributed by atoms with van der Waals surface area (Å²) in [5.41, 5.74) is 4.04. The number of aromatic hydroxyl groups is 1. The Morgan fingerprint density at radius 1 is 1.17 bits per heavy atom. The zero-order chi connectivity index (χ0) is 26.0. The molecule has 3 aromatic rings. The molecule has 2 N–H and O–H groups in total. The van der Waals surface area contributed by atoms with Crippen molar-refractivity contribution in [2.75, 3.05) is 26.5 Å². The van der Waals surface area contributed by atoms with Crippen LogP contribution in [0.1, 0.15) is 56.3 Å². The molecule has 1 aliphatic rings. The second-order valence-electron chi connectivity index (χ2n) is 10.4. The molecule has 0 amide bonds. The number of aromatic nitrogens is 1. The van der Waals surface area contributed by atoms with Crippen molar-refractivity contribution in [1.29, 1.82) is 0 Å². The first-order valence-electron chi connectivity index (χ1n) is 12.6. The Labute approximate surface area is 218 Å². The van der Waals surface area contributed by atoms with Crippen molar-refractivity contribution in [2.24, 2.45) is 5.92 Å². The van der Waals surface area contributed by atoms with Crippen LogP contribution in [0.15, 0.2) is 36.5 Å². The molecule has 0 bridgehead atoms. The first-order chi connectivity index (χ1) is 17.2. The van der Waals surface area contributed by atoms with E-state index in [-0.39, 0.29) is 22.5 Å². The van der Waals surface area contributed by atoms with Crippen molar-refractivity contribution in [3.05, 3.63) is 47.1 Å². The number of ether oxygens (including phenoxy) is 1. The van der Waals surface area contributed by atoms with Gasteiger partial charge in [0.1, 0.15) is 0 Å². The number of ketones is 1. The first kappa shape index (κ1) is 26.2. The van der Waals surface area contributed by atoms with Crippen LogP contribution in [0.2, 0.25) is 5.02 Å². The molecule has 0 unspecified atom stereocenters. The topological polar surface area (TPSA) is 74.7 Å². The molecule has 1 saturated carbocycles. The van der Waals surface area contributed by atoms with Crippen molar-refractivity contribution in [2.45, 2.75) is 58.0 Å². The fraction of sp³-hybridized carbons (Fsp3) is 0.448. The van der Waals surface area contributed by atoms with Gasteiger partial charge in [-0.25, -0.2) is 0 Å². The van der Waals surface area contributed by atoms with Gasteiger partial charge >= 0.3 is 0 Å². The number of fused-ring (bicyclic) bond motifs is 1. The van der Waals surface area contributed by atoms with Crippen LogP contribution in [0.25, 0.3) is 22.0 Å². The summed E-state index contributed by atoms with van der Waals surface area (Å²) >= 11 is 6.27. The van der Waals surface area contributed by atoms with Gasteiger partial charge in [0, 0.05) is 30.1 Å². The SMILES string of the molecule is COc1cc(-c2ccc3ncc(C(=O)CC(C)C)c(N[C@H]4CC[C@H](N(C)C)CC4)c3c2)cc(Cl)c1O. The number of carbonyl (C=O) groups is 1. The Morgan fingerprint density at radius 2 is 1.89 bits per heavy atom. The van der Waals surface area contributed by atoms with E-state index in [1.54, 1.807) is 18.3 Å². The number of rotatable bonds is 8. The molecule has 4 rings (SSSR count). The van der Waals surface area contributed by atoms with Gasteiger partial charge in [0.05, 0.1) is 28.9 Å². The lowest BCUT2D eigenvalue weighted by Gasteiger charge is -2.34. The summed E-state index contributed by atoms with van der Waals surface area (Å²) < 4.78 is 5.31. The van der Waals surface area contributed by atoms with Gasteiger partial charge in [0.2, 0.25) is 0 Å². The van der Waals surface area contributed by atoms with Gasteiger partial charge < -0.3 is 20.1 Å². The van der Waals surface area contributed by atoms with Crippen LogP contribution >= 0.6 is 11.6 Å². The van der Waals surface area contributed by atoms with Gasteiger partial charge in [-0.1, -0.05) is 31.5 Å². The third kappa shape index (κ3) is 5.60. The lowest BCUT2D eigenvalue weighted by Crippen LogP contribution is -2.36. The fourth-order valence-corrected chi connectivity index (χ4v) is 5.27. The summed E-state index contributed by atoms with van der Waals surface area (Å²) in [4.78, 5) is 20.2. The number of nitrogens with one attached hydrogen (secondary N) is 1. The molecular formula is C29H36ClN3O3. The Morgan fingerprint density at radius 3 is 2.53 bits per heavy atom. The highest BCUT2D eigenvalue weighted by Gasteiger charge is 2.25. The Kier molecular flexibility index (Phi) is 8.06. The van der Waals surface area contributed by atoms with Gasteiger partial charge in [-0.3, -0.25) is 9.78 Å². The van der Waals surface area contributed by atoms with Crippen LogP contribution in [-0.2, 0) is 0 Å². The van der Waals surface area contributed by atoms with Crippen molar-refractivity contribution in [3.8, 4) is 22.6 Å². The average molecular weight is 510 g/mol. The van der Waals surface area contributed by atoms with E-state index < -0.39 is 0 Å². The molecule has 0 atom stereocenters. The second-order valence-corrected chi connectivity index (χ2v) is 10.8. The molecule has 0 spiro atoms. The van der Waals surface area contributed by atoms with Crippen LogP contribution < -0.4 is 10.1 Å². The van der Waals surface area contributed by atoms with Crippen LogP contribution in [0.4, 0.5) is 5.69 Å². The highest BCUT2D eigenvalue weighted by atomic mass is 35.5. The summed E-state index contributed by atoms with van der Waals surface area (Å²) in [5, 5.41) is 15.1. The van der Waals surface area contributed by atoms with E-state index >= 15 is 0 Å². The highest BCUT2D eigenvalue weighted by molar-refractivity contribution is 6.32. The van der Waals surface area contributed by atoms with Crippen LogP contribution in [0.5, 0.6) is 11.5 Å². The Balaban J connectivity index is 1.79. The summed E-state index contributed by atoms with van der Waals surface area (Å²) in [6.45, 7) is 4.12. The van der Waals surface area contributed by atoms with Crippen LogP contribution in [0.3, 0.4) is 0 Å². The van der Waals surface area contributed by atoms with E-state index in [9.17, 15) is 9.90 Å². The summed E-state index contributed by atoms with van der Waals surface area (Å²) in [6.07, 6.45) is 6.55. The van der Waals surface area contributed by atoms with E-state index in [0.717, 1.165) is 53.4 Å². The first-order valence-corrected chi connectivity index (χ1v) is 13.0. The van der Waals surface area contributed by atoms with E-state index in [2.05, 4.69) is 43.1 Å². The molecular weight excluding hydrogens is 474 g/mol. The number of hydrogen-bond donors (Lipinski definition) is 2. The predicted molar refractivity (Wildman–Crippen MR) is 148 cm³/mol. The normalized spacial score (nSPS) is 18.1. The smallest absolute Gasteiger partial charge is 0.176 e. The average Bonchev–Trinajstić information content (AvgIpc) is 2.85. The number of phenols is 1. The quantitative estimate of drug-likeness (QED) is 0.326. The van der Waals surface area contributed by atoms with E-state index in [1.165, 1.54) is 7.11 Å². The molecule has 0 saturated heterocycles. The van der Waals surface area contributed by atoms with E-state index in [4.69, 9.17) is 16.3 Å². The van der Waals surface area contributed by atoms with Crippen molar-refractivity contribution < 1.29 is 14.6 Å². The van der Waals surface area contributed by atoms with Gasteiger partial charge in [-0.2, -0.15) is 0 Å². The van der Waals surface area contributed by atoms with Crippen LogP contribution in [0, 0.1) is 5.92 Å². The Hall–Kier alpha value is -2.83. The van der Waals surface area contributed by atoms with Crippen molar-refractivity contribution in [1.82, 2.24) is 9.88 Å². The third-order valence-corrected chi connectivity index (χ3v) is 7.41. The molecule has 1 fully saturated rings. The van der Waals surface area contributed by atoms with Gasteiger partial charge in [-0.15, -0.1) is 0 Å². The molecule has 2 aromatic carbocycles. The zero-order valence-corrected chi connectivity index (χ0v) is 22.5. The molecule has 36 heavy (non-hydrogen) atoms. The lowest BCUT2D eigenvalue weighted by molar-refractivity contribution is 0.0968. The van der Waals surface area contributed by atoms with Gasteiger partial charge in [0.25, 0.3) is 0 Å². The molecule has 0 radical (unpaired) electrons. The molecule has 1 aliphatic carbocycles. The predicted octanol–water partition coefficient (Wildman–Crippen LogP) is 6.78. The maximum Gasteiger partial charge on any atom is 0.176 e. The number of pyridine rings is 1. The second kappa shape index (κ2) is 11.1. The molecule has 192 valence electrons. The molecule has 1 heterocycles. The van der Waals surface area contributed by atoms with Crippen molar-refractivity contribution >= 4 is 34.0 Å². The van der Waals surface area contributed by atoms with Crippen molar-refractivity contribution in [3.63, 3.8) is 0 Å². The number of phenolic OH excluding ortho intramolecular Hbond substituents is 1. The maximum absolute atomic E-state index is 13.3. The molecule has 0 aliphatic heterocycles. The summed E-state index contributed by atoms with van der Waals surface area (Å²) in [5.74, 6) is 0.591. The van der Waals surface area contributed by atoms with Gasteiger partial charge in [-0.05, 0) is 81.1 Å². The number of methoxy groups -OCH3 is 1. The molecule has 6 nitrogen and oxygen atoms in total. The zero-order valence-electron chi connectivity index (χ0n) is 21.8. The number of halogens is 1. The molecule has 1 aromatic heterocycles. The highest BCUT2D eigenvalue weighted by Crippen LogP contribution is 2.40. The summed E-state index contributed by atoms with van der Waals surface area (Å²) in [6, 6.07) is 10.4. The fourth-order valence-electron chi connectivity index (χ4n) is 5.06. The minimum atomic E-state index is -0.0809. The lowest BCUT2D eigenvalue weighted by atomic mass is 9.89. The van der Waals surface area contributed by atoms with Crippen LogP contribution in [-0.4, -0.2) is 54.1 Å². The third-order valence-electron chi connectivity index (χ3n) is 7.12. The number of anilines is 1. The van der Waals surface area contributed by atoms with E-state index in [0.29, 0.717) is 29.8 Å². The number of carbonyl (C=O) groups excluding carboxylic acids is 1. The van der Waals surface area contributed by atoms with Gasteiger partial charge in [0.15, 0.2) is 17.3 Å². The number of benzene rings is 2. The standard InChI is InChI=1S/C29H36ClN3O3/c1-17(2)12-26(34)23-16-31-25-11-6-18(19-14-24(30)29(35)27(15-19)36-5)13-22(25)28(23)32-20-7-9-21(10-8-20)33(3)4/h6,11,13-17,20-21,35H,7-10,12H2,1-5H3,(H,31,32)/t20-,21-. The monoisotopic (exact) mass is 509 g/mol. The Bertz CT molecular complexity index is 1250. The minimum absolute atomic E-state index is 0.0809. The number of Topliss-reactive ketones (excluding diaryl/α,β-unsaturated/α-hetero) is 1. The maximum atomic E-state index is 13.3. The largest absolute Gasteiger partial charge is 0.503 e.